The van der Waals surface area contributed by atoms with E-state index in [4.69, 9.17) is 4.74 Å². The molecular formula is C20H23F2NO. The van der Waals surface area contributed by atoms with Gasteiger partial charge in [-0.15, -0.1) is 0 Å². The fourth-order valence-electron chi connectivity index (χ4n) is 3.64. The number of fused-ring (bicyclic) bond motifs is 2. The fourth-order valence-corrected chi connectivity index (χ4v) is 3.64. The third-order valence-corrected chi connectivity index (χ3v) is 4.87. The molecule has 0 fully saturated rings. The molecule has 0 heterocycles. The third kappa shape index (κ3) is 3.29. The van der Waals surface area contributed by atoms with Crippen molar-refractivity contribution in [2.45, 2.75) is 31.6 Å². The van der Waals surface area contributed by atoms with Gasteiger partial charge in [0.25, 0.3) is 0 Å². The zero-order valence-corrected chi connectivity index (χ0v) is 14.2. The molecule has 24 heavy (non-hydrogen) atoms. The van der Waals surface area contributed by atoms with Gasteiger partial charge >= 0.3 is 0 Å². The Balaban J connectivity index is 2.07. The van der Waals surface area contributed by atoms with Gasteiger partial charge in [-0.2, -0.15) is 0 Å². The van der Waals surface area contributed by atoms with Crippen molar-refractivity contribution in [2.75, 3.05) is 20.7 Å². The predicted molar refractivity (Wildman–Crippen MR) is 91.8 cm³/mol. The largest absolute Gasteiger partial charge is 0.497 e. The van der Waals surface area contributed by atoms with Gasteiger partial charge in [-0.05, 0) is 85.8 Å². The van der Waals surface area contributed by atoms with Gasteiger partial charge in [0.2, 0.25) is 0 Å². The van der Waals surface area contributed by atoms with E-state index in [-0.39, 0.29) is 5.92 Å². The number of benzene rings is 2. The van der Waals surface area contributed by atoms with E-state index in [9.17, 15) is 8.78 Å². The first kappa shape index (κ1) is 16.9. The summed E-state index contributed by atoms with van der Waals surface area (Å²) in [6.45, 7) is 0.904. The van der Waals surface area contributed by atoms with Gasteiger partial charge in [-0.25, -0.2) is 8.78 Å². The highest BCUT2D eigenvalue weighted by molar-refractivity contribution is 5.47. The first-order chi connectivity index (χ1) is 11.6. The second-order valence-corrected chi connectivity index (χ2v) is 6.33. The van der Waals surface area contributed by atoms with E-state index in [1.165, 1.54) is 23.3 Å². The molecule has 1 atom stereocenters. The Morgan fingerprint density at radius 2 is 1.75 bits per heavy atom. The van der Waals surface area contributed by atoms with E-state index in [1.807, 2.05) is 13.1 Å². The molecule has 0 saturated heterocycles. The number of rotatable bonds is 5. The smallest absolute Gasteiger partial charge is 0.159 e. The summed E-state index contributed by atoms with van der Waals surface area (Å²) in [6, 6.07) is 8.86. The van der Waals surface area contributed by atoms with Crippen molar-refractivity contribution >= 4 is 0 Å². The number of aryl methyl sites for hydroxylation is 2. The molecule has 2 aromatic rings. The number of hydrogen-bond acceptors (Lipinski definition) is 2. The standard InChI is InChI=1S/C20H23F2NO/c1-23-9-3-4-17-16-8-7-15(24-2)10-13(16)5-6-14-11-19(21)20(22)12-18(14)17/h7-8,10-12,17,23H,3-6,9H2,1-2H3. The van der Waals surface area contributed by atoms with Crippen LogP contribution in [0.15, 0.2) is 30.3 Å². The van der Waals surface area contributed by atoms with Crippen LogP contribution in [0.3, 0.4) is 0 Å². The van der Waals surface area contributed by atoms with E-state index in [1.54, 1.807) is 7.11 Å². The number of methoxy groups -OCH3 is 1. The molecule has 0 aromatic heterocycles. The summed E-state index contributed by atoms with van der Waals surface area (Å²) < 4.78 is 32.9. The molecule has 0 amide bonds. The molecule has 2 aromatic carbocycles. The van der Waals surface area contributed by atoms with Crippen LogP contribution < -0.4 is 10.1 Å². The topological polar surface area (TPSA) is 21.3 Å². The molecule has 0 saturated carbocycles. The lowest BCUT2D eigenvalue weighted by atomic mass is 9.84. The Morgan fingerprint density at radius 3 is 2.46 bits per heavy atom. The molecule has 0 bridgehead atoms. The van der Waals surface area contributed by atoms with Crippen molar-refractivity contribution in [1.82, 2.24) is 5.32 Å². The molecule has 1 aliphatic carbocycles. The first-order valence-corrected chi connectivity index (χ1v) is 8.43. The van der Waals surface area contributed by atoms with Crippen LogP contribution in [0.5, 0.6) is 5.75 Å². The van der Waals surface area contributed by atoms with Crippen LogP contribution in [0, 0.1) is 11.6 Å². The molecule has 3 rings (SSSR count). The summed E-state index contributed by atoms with van der Waals surface area (Å²) in [7, 11) is 3.58. The SMILES string of the molecule is CNCCCC1c2ccc(OC)cc2CCc2cc(F)c(F)cc21. The van der Waals surface area contributed by atoms with Crippen LogP contribution in [0.25, 0.3) is 0 Å². The molecular weight excluding hydrogens is 308 g/mol. The second kappa shape index (κ2) is 7.31. The van der Waals surface area contributed by atoms with Gasteiger partial charge in [0.15, 0.2) is 11.6 Å². The zero-order valence-electron chi connectivity index (χ0n) is 14.2. The normalized spacial score (nSPS) is 16.2. The summed E-state index contributed by atoms with van der Waals surface area (Å²) in [5, 5.41) is 3.16. The average molecular weight is 331 g/mol. The minimum absolute atomic E-state index is 0.0897. The number of nitrogens with one attached hydrogen (secondary N) is 1. The molecule has 0 aliphatic heterocycles. The molecule has 2 nitrogen and oxygen atoms in total. The van der Waals surface area contributed by atoms with Crippen molar-refractivity contribution in [3.63, 3.8) is 0 Å². The van der Waals surface area contributed by atoms with Gasteiger partial charge in [-0.1, -0.05) is 6.07 Å². The minimum atomic E-state index is -0.760. The van der Waals surface area contributed by atoms with Gasteiger partial charge in [0, 0.05) is 5.92 Å². The summed E-state index contributed by atoms with van der Waals surface area (Å²) in [4.78, 5) is 0. The van der Waals surface area contributed by atoms with Crippen molar-refractivity contribution in [1.29, 1.82) is 0 Å². The zero-order chi connectivity index (χ0) is 17.1. The number of hydrogen-bond donors (Lipinski definition) is 1. The Kier molecular flexibility index (Phi) is 5.14. The van der Waals surface area contributed by atoms with E-state index < -0.39 is 11.6 Å². The van der Waals surface area contributed by atoms with E-state index in [0.717, 1.165) is 49.1 Å². The lowest BCUT2D eigenvalue weighted by Gasteiger charge is -2.21. The number of ether oxygens (including phenoxy) is 1. The summed E-state index contributed by atoms with van der Waals surface area (Å²) >= 11 is 0. The molecule has 4 heteroatoms. The van der Waals surface area contributed by atoms with E-state index in [0.29, 0.717) is 0 Å². The molecule has 0 spiro atoms. The monoisotopic (exact) mass is 331 g/mol. The van der Waals surface area contributed by atoms with Gasteiger partial charge in [-0.3, -0.25) is 0 Å². The van der Waals surface area contributed by atoms with Crippen LogP contribution in [-0.2, 0) is 12.8 Å². The van der Waals surface area contributed by atoms with Gasteiger partial charge in [0.1, 0.15) is 5.75 Å². The Bertz CT molecular complexity index is 730. The highest BCUT2D eigenvalue weighted by Crippen LogP contribution is 2.39. The Labute approximate surface area is 141 Å². The lowest BCUT2D eigenvalue weighted by Crippen LogP contribution is -2.11. The molecule has 1 N–H and O–H groups in total. The highest BCUT2D eigenvalue weighted by atomic mass is 19.2. The molecule has 1 unspecified atom stereocenters. The first-order valence-electron chi connectivity index (χ1n) is 8.43. The lowest BCUT2D eigenvalue weighted by molar-refractivity contribution is 0.414. The van der Waals surface area contributed by atoms with E-state index >= 15 is 0 Å². The summed E-state index contributed by atoms with van der Waals surface area (Å²) in [5.41, 5.74) is 4.25. The van der Waals surface area contributed by atoms with Crippen molar-refractivity contribution in [3.8, 4) is 5.75 Å². The number of halogens is 2. The minimum Gasteiger partial charge on any atom is -0.497 e. The summed E-state index contributed by atoms with van der Waals surface area (Å²) in [5.74, 6) is -0.603. The second-order valence-electron chi connectivity index (χ2n) is 6.33. The Hall–Kier alpha value is -1.94. The van der Waals surface area contributed by atoms with Gasteiger partial charge < -0.3 is 10.1 Å². The van der Waals surface area contributed by atoms with Crippen LogP contribution in [0.1, 0.15) is 41.0 Å². The maximum Gasteiger partial charge on any atom is 0.159 e. The maximum atomic E-state index is 13.9. The van der Waals surface area contributed by atoms with Crippen molar-refractivity contribution in [3.05, 3.63) is 64.2 Å². The van der Waals surface area contributed by atoms with Crippen LogP contribution >= 0.6 is 0 Å². The third-order valence-electron chi connectivity index (χ3n) is 4.87. The maximum absolute atomic E-state index is 13.9. The molecule has 0 radical (unpaired) electrons. The molecule has 1 aliphatic rings. The summed E-state index contributed by atoms with van der Waals surface area (Å²) in [6.07, 6.45) is 3.41. The van der Waals surface area contributed by atoms with Crippen LogP contribution in [-0.4, -0.2) is 20.7 Å². The highest BCUT2D eigenvalue weighted by Gasteiger charge is 2.25. The van der Waals surface area contributed by atoms with Gasteiger partial charge in [0.05, 0.1) is 7.11 Å². The van der Waals surface area contributed by atoms with Crippen molar-refractivity contribution in [2.24, 2.45) is 0 Å². The van der Waals surface area contributed by atoms with Crippen LogP contribution in [0.4, 0.5) is 8.78 Å². The quantitative estimate of drug-likeness (QED) is 0.829. The average Bonchev–Trinajstić information content (AvgIpc) is 2.73. The van der Waals surface area contributed by atoms with Crippen molar-refractivity contribution < 1.29 is 13.5 Å². The van der Waals surface area contributed by atoms with E-state index in [2.05, 4.69) is 17.4 Å². The van der Waals surface area contributed by atoms with Crippen LogP contribution in [0.2, 0.25) is 0 Å². The fraction of sp³-hybridized carbons (Fsp3) is 0.400. The molecule has 128 valence electrons. The predicted octanol–water partition coefficient (Wildman–Crippen LogP) is 4.20. The Morgan fingerprint density at radius 1 is 1.04 bits per heavy atom.